The topological polar surface area (TPSA) is 307 Å². The molecule has 544 valence electrons. The highest BCUT2D eigenvalue weighted by molar-refractivity contribution is 5.76. The number of aliphatic hydroxyl groups excluding tert-OH is 11. The van der Waals surface area contributed by atoms with Crippen LogP contribution in [0.3, 0.4) is 0 Å². The van der Waals surface area contributed by atoms with Crippen molar-refractivity contribution in [2.45, 2.75) is 291 Å². The van der Waals surface area contributed by atoms with E-state index in [0.29, 0.717) is 12.8 Å². The minimum absolute atomic E-state index is 0.184. The predicted octanol–water partition coefficient (Wildman–Crippen LogP) is 10.1. The van der Waals surface area contributed by atoms with Gasteiger partial charge in [-0.15, -0.1) is 0 Å². The standard InChI is InChI=1S/C77H123NO18/c1-3-5-7-9-11-13-15-17-19-20-21-22-23-24-25-26-27-28-29-30-31-32-33-34-35-36-37-38-39-40-41-43-45-47-49-51-53-55-65(83)78-60(61(82)54-52-50-48-46-44-42-18-16-14-12-10-8-6-4-2)59-91-75-71(89)68(86)73(63(57-80)93-75)96-77-72(90)69(87)74(64(58-81)94-77)95-76-70(88)67(85)66(84)62(56-79)92-76/h5,7,11,13,17,19,21-22,24-25,27-28,30-31,33-34,36-37,39-40,43-46,52,54,60-64,66-77,79-82,84-90H,3-4,6,8-10,12,14-16,18,20,23,26,29,32,35,38,41-42,47-51,53,55-59H2,1-2H3,(H,78,83)/b7-5-,13-11-,19-17-,22-21-,25-24-,28-27-,31-30-,34-33-,37-36-,40-39-,45-43-,46-44+,54-52+. The number of hydrogen-bond donors (Lipinski definition) is 12. The van der Waals surface area contributed by atoms with E-state index in [2.05, 4.69) is 165 Å². The van der Waals surface area contributed by atoms with Gasteiger partial charge in [-0.2, -0.15) is 0 Å². The first kappa shape index (κ1) is 85.6. The van der Waals surface area contributed by atoms with Gasteiger partial charge in [-0.1, -0.05) is 223 Å². The van der Waals surface area contributed by atoms with Gasteiger partial charge >= 0.3 is 0 Å². The number of aliphatic hydroxyl groups is 11. The van der Waals surface area contributed by atoms with E-state index in [4.69, 9.17) is 28.4 Å². The van der Waals surface area contributed by atoms with Gasteiger partial charge in [0.25, 0.3) is 0 Å². The summed E-state index contributed by atoms with van der Waals surface area (Å²) in [6.45, 7) is 1.53. The predicted molar refractivity (Wildman–Crippen MR) is 378 cm³/mol. The van der Waals surface area contributed by atoms with Gasteiger partial charge in [0.2, 0.25) is 5.91 Å². The van der Waals surface area contributed by atoms with Crippen molar-refractivity contribution >= 4 is 5.91 Å². The van der Waals surface area contributed by atoms with Crippen LogP contribution in [0, 0.1) is 0 Å². The van der Waals surface area contributed by atoms with Crippen LogP contribution in [0.1, 0.15) is 187 Å². The molecular formula is C77H123NO18. The van der Waals surface area contributed by atoms with E-state index in [9.17, 15) is 61.0 Å². The van der Waals surface area contributed by atoms with E-state index >= 15 is 0 Å². The Kier molecular flexibility index (Phi) is 50.1. The van der Waals surface area contributed by atoms with E-state index in [1.165, 1.54) is 44.9 Å². The largest absolute Gasteiger partial charge is 0.394 e. The molecule has 0 radical (unpaired) electrons. The second kappa shape index (κ2) is 56.2. The normalized spacial score (nSPS) is 28.0. The molecule has 19 nitrogen and oxygen atoms in total. The number of carbonyl (C=O) groups is 1. The Bertz CT molecular complexity index is 2360. The zero-order chi connectivity index (χ0) is 69.6. The van der Waals surface area contributed by atoms with Crippen LogP contribution in [-0.2, 0) is 33.2 Å². The van der Waals surface area contributed by atoms with Crippen molar-refractivity contribution in [3.63, 3.8) is 0 Å². The lowest BCUT2D eigenvalue weighted by molar-refractivity contribution is -0.379. The van der Waals surface area contributed by atoms with Gasteiger partial charge in [0.05, 0.1) is 38.6 Å². The zero-order valence-electron chi connectivity index (χ0n) is 57.5. The highest BCUT2D eigenvalue weighted by atomic mass is 16.8. The fourth-order valence-corrected chi connectivity index (χ4v) is 10.8. The maximum absolute atomic E-state index is 13.4. The van der Waals surface area contributed by atoms with Crippen molar-refractivity contribution in [1.29, 1.82) is 0 Å². The average molecular weight is 1350 g/mol. The van der Waals surface area contributed by atoms with E-state index in [1.54, 1.807) is 6.08 Å². The number of allylic oxidation sites excluding steroid dienone is 25. The number of ether oxygens (including phenoxy) is 6. The Labute approximate surface area is 574 Å². The number of hydrogen-bond acceptors (Lipinski definition) is 18. The number of nitrogens with one attached hydrogen (secondary N) is 1. The summed E-state index contributed by atoms with van der Waals surface area (Å²) < 4.78 is 34.3. The third-order valence-corrected chi connectivity index (χ3v) is 16.6. The quantitative estimate of drug-likeness (QED) is 0.0199. The first-order valence-electron chi connectivity index (χ1n) is 35.7. The lowest BCUT2D eigenvalue weighted by atomic mass is 9.96. The SMILES string of the molecule is CC/C=C\C/C=C\C/C=C\C/C=C\C/C=C\C/C=C\C/C=C\C/C=C\C/C=C\C/C=C\C/C=C\CCCCCC(=O)NC(COC1OC(CO)C(OC2OC(CO)C(OC3OC(CO)C(O)C(O)C3O)C(O)C2O)C(O)C1O)C(O)/C=C/CC/C=C/CCCCCCCCCC. The smallest absolute Gasteiger partial charge is 0.220 e. The molecule has 3 heterocycles. The van der Waals surface area contributed by atoms with Crippen molar-refractivity contribution < 1.29 is 89.4 Å². The number of amides is 1. The Morgan fingerprint density at radius 1 is 0.385 bits per heavy atom. The van der Waals surface area contributed by atoms with E-state index in [1.807, 2.05) is 6.08 Å². The van der Waals surface area contributed by atoms with E-state index < -0.39 is 131 Å². The maximum atomic E-state index is 13.4. The molecule has 96 heavy (non-hydrogen) atoms. The molecule has 19 heteroatoms. The van der Waals surface area contributed by atoms with Gasteiger partial charge < -0.3 is 89.9 Å². The summed E-state index contributed by atoms with van der Waals surface area (Å²) in [6, 6.07) is -1.02. The summed E-state index contributed by atoms with van der Waals surface area (Å²) in [6.07, 6.45) is 55.1. The van der Waals surface area contributed by atoms with E-state index in [-0.39, 0.29) is 12.3 Å². The molecule has 17 atom stereocenters. The molecule has 0 spiro atoms. The molecule has 12 N–H and O–H groups in total. The summed E-state index contributed by atoms with van der Waals surface area (Å²) >= 11 is 0. The number of unbranched alkanes of at least 4 members (excludes halogenated alkanes) is 12. The minimum Gasteiger partial charge on any atom is -0.394 e. The first-order chi connectivity index (χ1) is 46.8. The zero-order valence-corrected chi connectivity index (χ0v) is 57.5. The van der Waals surface area contributed by atoms with Crippen LogP contribution in [0.25, 0.3) is 0 Å². The summed E-state index contributed by atoms with van der Waals surface area (Å²) in [5.74, 6) is -0.326. The monoisotopic (exact) mass is 1350 g/mol. The van der Waals surface area contributed by atoms with Crippen LogP contribution in [-0.4, -0.2) is 193 Å². The third kappa shape index (κ3) is 37.0. The van der Waals surface area contributed by atoms with Gasteiger partial charge in [0, 0.05) is 6.42 Å². The minimum atomic E-state index is -1.99. The lowest BCUT2D eigenvalue weighted by Gasteiger charge is -2.48. The van der Waals surface area contributed by atoms with Gasteiger partial charge in [0.1, 0.15) is 73.2 Å². The Hall–Kier alpha value is -4.59. The molecule has 0 saturated carbocycles. The molecule has 3 saturated heterocycles. The lowest BCUT2D eigenvalue weighted by Crippen LogP contribution is -2.66. The van der Waals surface area contributed by atoms with Crippen molar-refractivity contribution in [2.75, 3.05) is 26.4 Å². The fourth-order valence-electron chi connectivity index (χ4n) is 10.8. The van der Waals surface area contributed by atoms with Gasteiger partial charge in [-0.25, -0.2) is 0 Å². The van der Waals surface area contributed by atoms with Crippen LogP contribution in [0.4, 0.5) is 0 Å². The van der Waals surface area contributed by atoms with Crippen molar-refractivity contribution in [3.05, 3.63) is 158 Å². The van der Waals surface area contributed by atoms with Crippen LogP contribution in [0.15, 0.2) is 158 Å². The summed E-state index contributed by atoms with van der Waals surface area (Å²) in [7, 11) is 0. The number of rotatable bonds is 52. The van der Waals surface area contributed by atoms with Crippen LogP contribution in [0.5, 0.6) is 0 Å². The van der Waals surface area contributed by atoms with Crippen LogP contribution in [0.2, 0.25) is 0 Å². The molecule has 17 unspecified atom stereocenters. The molecule has 0 aromatic carbocycles. The van der Waals surface area contributed by atoms with Crippen LogP contribution < -0.4 is 5.32 Å². The molecule has 0 aromatic rings. The van der Waals surface area contributed by atoms with Crippen molar-refractivity contribution in [1.82, 2.24) is 5.32 Å². The highest BCUT2D eigenvalue weighted by Gasteiger charge is 2.53. The maximum Gasteiger partial charge on any atom is 0.220 e. The molecule has 0 aliphatic carbocycles. The Morgan fingerprint density at radius 3 is 1.17 bits per heavy atom. The third-order valence-electron chi connectivity index (χ3n) is 16.6. The molecule has 3 fully saturated rings. The molecule has 3 rings (SSSR count). The van der Waals surface area contributed by atoms with Crippen LogP contribution >= 0.6 is 0 Å². The van der Waals surface area contributed by atoms with Gasteiger partial charge in [-0.05, 0) is 116 Å². The highest BCUT2D eigenvalue weighted by Crippen LogP contribution is 2.33. The molecule has 0 bridgehead atoms. The molecular weight excluding hydrogens is 1230 g/mol. The molecule has 0 aromatic heterocycles. The summed E-state index contributed by atoms with van der Waals surface area (Å²) in [5.41, 5.74) is 0. The molecule has 3 aliphatic rings. The van der Waals surface area contributed by atoms with Gasteiger partial charge in [-0.3, -0.25) is 4.79 Å². The Morgan fingerprint density at radius 2 is 0.729 bits per heavy atom. The first-order valence-corrected chi connectivity index (χ1v) is 35.7. The average Bonchev–Trinajstić information content (AvgIpc) is 0.787. The summed E-state index contributed by atoms with van der Waals surface area (Å²) in [4.78, 5) is 13.4. The Balaban J connectivity index is 1.40. The second-order valence-corrected chi connectivity index (χ2v) is 24.6. The van der Waals surface area contributed by atoms with Crippen molar-refractivity contribution in [2.24, 2.45) is 0 Å². The second-order valence-electron chi connectivity index (χ2n) is 24.6. The number of carbonyl (C=O) groups excluding carboxylic acids is 1. The van der Waals surface area contributed by atoms with Crippen molar-refractivity contribution in [3.8, 4) is 0 Å². The summed E-state index contributed by atoms with van der Waals surface area (Å²) in [5, 5.41) is 120. The van der Waals surface area contributed by atoms with Gasteiger partial charge in [0.15, 0.2) is 18.9 Å². The molecule has 3 aliphatic heterocycles. The fraction of sp³-hybridized carbons (Fsp3) is 0.649. The molecule has 1 amide bonds. The van der Waals surface area contributed by atoms with E-state index in [0.717, 1.165) is 109 Å².